The SMILES string of the molecule is Cc1c(C(=O)NCCN2CCOCC2)sc2ncnc(N3CCN(C)CC3)c12. The van der Waals surface area contributed by atoms with Crippen molar-refractivity contribution in [2.45, 2.75) is 6.92 Å². The van der Waals surface area contributed by atoms with E-state index in [9.17, 15) is 4.79 Å². The zero-order valence-corrected chi connectivity index (χ0v) is 17.4. The number of anilines is 1. The number of ether oxygens (including phenoxy) is 1. The van der Waals surface area contributed by atoms with E-state index in [1.54, 1.807) is 6.33 Å². The highest BCUT2D eigenvalue weighted by molar-refractivity contribution is 7.20. The molecular weight excluding hydrogens is 376 g/mol. The molecule has 2 aliphatic heterocycles. The highest BCUT2D eigenvalue weighted by Gasteiger charge is 2.23. The molecule has 2 fully saturated rings. The summed E-state index contributed by atoms with van der Waals surface area (Å²) in [6.07, 6.45) is 1.62. The van der Waals surface area contributed by atoms with Gasteiger partial charge in [0.2, 0.25) is 0 Å². The molecule has 0 atom stereocenters. The van der Waals surface area contributed by atoms with E-state index in [1.165, 1.54) is 11.3 Å². The van der Waals surface area contributed by atoms with Crippen LogP contribution in [0.3, 0.4) is 0 Å². The van der Waals surface area contributed by atoms with Crippen molar-refractivity contribution in [1.82, 2.24) is 25.1 Å². The molecule has 0 bridgehead atoms. The lowest BCUT2D eigenvalue weighted by molar-refractivity contribution is 0.0383. The second-order valence-electron chi connectivity index (χ2n) is 7.43. The van der Waals surface area contributed by atoms with Gasteiger partial charge in [-0.15, -0.1) is 11.3 Å². The predicted octanol–water partition coefficient (Wildman–Crippen LogP) is 0.814. The van der Waals surface area contributed by atoms with Crippen molar-refractivity contribution in [3.8, 4) is 0 Å². The Bertz CT molecular complexity index is 827. The number of carbonyl (C=O) groups excluding carboxylic acids is 1. The monoisotopic (exact) mass is 404 g/mol. The Balaban J connectivity index is 1.47. The average molecular weight is 405 g/mol. The first-order valence-corrected chi connectivity index (χ1v) is 10.7. The number of amides is 1. The fourth-order valence-electron chi connectivity index (χ4n) is 3.76. The van der Waals surface area contributed by atoms with E-state index in [2.05, 4.69) is 37.0 Å². The number of hydrogen-bond acceptors (Lipinski definition) is 8. The van der Waals surface area contributed by atoms with Gasteiger partial charge in [-0.1, -0.05) is 0 Å². The first-order valence-electron chi connectivity index (χ1n) is 9.89. The van der Waals surface area contributed by atoms with E-state index in [0.29, 0.717) is 6.54 Å². The fourth-order valence-corrected chi connectivity index (χ4v) is 4.82. The number of hydrogen-bond donors (Lipinski definition) is 1. The smallest absolute Gasteiger partial charge is 0.261 e. The van der Waals surface area contributed by atoms with Crippen molar-refractivity contribution >= 4 is 33.3 Å². The molecule has 0 aliphatic carbocycles. The minimum absolute atomic E-state index is 0.0157. The van der Waals surface area contributed by atoms with Gasteiger partial charge >= 0.3 is 0 Å². The Morgan fingerprint density at radius 1 is 1.18 bits per heavy atom. The van der Waals surface area contributed by atoms with Crippen LogP contribution in [0.4, 0.5) is 5.82 Å². The summed E-state index contributed by atoms with van der Waals surface area (Å²) in [4.78, 5) is 30.4. The number of nitrogens with one attached hydrogen (secondary N) is 1. The summed E-state index contributed by atoms with van der Waals surface area (Å²) in [5.41, 5.74) is 0.985. The van der Waals surface area contributed by atoms with Gasteiger partial charge in [-0.2, -0.15) is 0 Å². The lowest BCUT2D eigenvalue weighted by atomic mass is 10.1. The van der Waals surface area contributed by atoms with Gasteiger partial charge in [0.1, 0.15) is 17.0 Å². The van der Waals surface area contributed by atoms with Crippen LogP contribution in [0.5, 0.6) is 0 Å². The standard InChI is InChI=1S/C19H28N6O2S/c1-14-15-17(25-7-5-23(2)6-8-25)21-13-22-19(15)28-16(14)18(26)20-3-4-24-9-11-27-12-10-24/h13H,3-12H2,1-2H3,(H,20,26). The fraction of sp³-hybridized carbons (Fsp3) is 0.632. The van der Waals surface area contributed by atoms with Crippen molar-refractivity contribution in [3.05, 3.63) is 16.8 Å². The van der Waals surface area contributed by atoms with Crippen molar-refractivity contribution in [3.63, 3.8) is 0 Å². The van der Waals surface area contributed by atoms with Gasteiger partial charge in [0.25, 0.3) is 5.91 Å². The molecule has 0 saturated carbocycles. The summed E-state index contributed by atoms with van der Waals surface area (Å²) >= 11 is 1.46. The molecule has 0 spiro atoms. The van der Waals surface area contributed by atoms with E-state index in [1.807, 2.05) is 6.92 Å². The zero-order chi connectivity index (χ0) is 19.5. The largest absolute Gasteiger partial charge is 0.379 e. The molecule has 2 saturated heterocycles. The molecule has 8 nitrogen and oxygen atoms in total. The van der Waals surface area contributed by atoms with Gasteiger partial charge in [0.15, 0.2) is 0 Å². The van der Waals surface area contributed by atoms with Crippen molar-refractivity contribution in [2.75, 3.05) is 77.5 Å². The third kappa shape index (κ3) is 4.12. The summed E-state index contributed by atoms with van der Waals surface area (Å²) in [6, 6.07) is 0. The molecule has 0 unspecified atom stereocenters. The summed E-state index contributed by atoms with van der Waals surface area (Å²) < 4.78 is 5.37. The molecule has 4 rings (SSSR count). The molecular formula is C19H28N6O2S. The van der Waals surface area contributed by atoms with Crippen LogP contribution in [-0.2, 0) is 4.74 Å². The second kappa shape index (κ2) is 8.69. The van der Waals surface area contributed by atoms with Crippen molar-refractivity contribution in [1.29, 1.82) is 0 Å². The van der Waals surface area contributed by atoms with Crippen LogP contribution in [0.1, 0.15) is 15.2 Å². The topological polar surface area (TPSA) is 73.8 Å². The van der Waals surface area contributed by atoms with E-state index < -0.39 is 0 Å². The zero-order valence-electron chi connectivity index (χ0n) is 16.6. The maximum atomic E-state index is 12.8. The molecule has 0 radical (unpaired) electrons. The number of aromatic nitrogens is 2. The highest BCUT2D eigenvalue weighted by atomic mass is 32.1. The molecule has 1 amide bonds. The lowest BCUT2D eigenvalue weighted by Crippen LogP contribution is -2.44. The number of morpholine rings is 1. The van der Waals surface area contributed by atoms with E-state index in [0.717, 1.165) is 85.5 Å². The Hall–Kier alpha value is -1.81. The number of thiophene rings is 1. The molecule has 9 heteroatoms. The van der Waals surface area contributed by atoms with Gasteiger partial charge in [-0.3, -0.25) is 9.69 Å². The predicted molar refractivity (Wildman–Crippen MR) is 111 cm³/mol. The normalized spacial score (nSPS) is 19.3. The summed E-state index contributed by atoms with van der Waals surface area (Å²) in [5.74, 6) is 0.942. The molecule has 1 N–H and O–H groups in total. The van der Waals surface area contributed by atoms with Gasteiger partial charge < -0.3 is 19.9 Å². The Labute approximate surface area is 169 Å². The van der Waals surface area contributed by atoms with Crippen LogP contribution in [-0.4, -0.2) is 98.3 Å². The Morgan fingerprint density at radius 3 is 2.68 bits per heavy atom. The average Bonchev–Trinajstić information content (AvgIpc) is 3.06. The van der Waals surface area contributed by atoms with Crippen molar-refractivity contribution in [2.24, 2.45) is 0 Å². The first kappa shape index (κ1) is 19.5. The van der Waals surface area contributed by atoms with Crippen LogP contribution in [0.15, 0.2) is 6.33 Å². The van der Waals surface area contributed by atoms with Crippen LogP contribution >= 0.6 is 11.3 Å². The molecule has 2 aromatic heterocycles. The Morgan fingerprint density at radius 2 is 1.93 bits per heavy atom. The number of fused-ring (bicyclic) bond motifs is 1. The second-order valence-corrected chi connectivity index (χ2v) is 8.43. The van der Waals surface area contributed by atoms with Crippen LogP contribution < -0.4 is 10.2 Å². The maximum Gasteiger partial charge on any atom is 0.261 e. The third-order valence-corrected chi connectivity index (χ3v) is 6.73. The summed E-state index contributed by atoms with van der Waals surface area (Å²) in [7, 11) is 2.14. The van der Waals surface area contributed by atoms with E-state index in [4.69, 9.17) is 4.74 Å². The number of piperazine rings is 1. The van der Waals surface area contributed by atoms with E-state index >= 15 is 0 Å². The third-order valence-electron chi connectivity index (χ3n) is 5.53. The van der Waals surface area contributed by atoms with Gasteiger partial charge in [-0.05, 0) is 19.5 Å². The minimum atomic E-state index is -0.0157. The van der Waals surface area contributed by atoms with Crippen LogP contribution in [0.25, 0.3) is 10.2 Å². The van der Waals surface area contributed by atoms with Crippen LogP contribution in [0, 0.1) is 6.92 Å². The first-order chi connectivity index (χ1) is 13.6. The number of carbonyl (C=O) groups is 1. The molecule has 28 heavy (non-hydrogen) atoms. The summed E-state index contributed by atoms with van der Waals surface area (Å²) in [6.45, 7) is 10.8. The number of aryl methyl sites for hydroxylation is 1. The Kier molecular flexibility index (Phi) is 6.05. The number of likely N-dealkylation sites (N-methyl/N-ethyl adjacent to an activating group) is 1. The summed E-state index contributed by atoms with van der Waals surface area (Å²) in [5, 5.41) is 4.10. The molecule has 2 aliphatic rings. The van der Waals surface area contributed by atoms with Gasteiger partial charge in [-0.25, -0.2) is 9.97 Å². The lowest BCUT2D eigenvalue weighted by Gasteiger charge is -2.33. The molecule has 2 aromatic rings. The number of nitrogens with zero attached hydrogens (tertiary/aromatic N) is 5. The van der Waals surface area contributed by atoms with Crippen molar-refractivity contribution < 1.29 is 9.53 Å². The van der Waals surface area contributed by atoms with E-state index in [-0.39, 0.29) is 5.91 Å². The number of rotatable bonds is 5. The van der Waals surface area contributed by atoms with Crippen LogP contribution in [0.2, 0.25) is 0 Å². The highest BCUT2D eigenvalue weighted by Crippen LogP contribution is 2.35. The molecule has 4 heterocycles. The molecule has 152 valence electrons. The van der Waals surface area contributed by atoms with Gasteiger partial charge in [0.05, 0.1) is 23.5 Å². The maximum absolute atomic E-state index is 12.8. The molecule has 0 aromatic carbocycles. The van der Waals surface area contributed by atoms with Gasteiger partial charge in [0, 0.05) is 52.4 Å². The quantitative estimate of drug-likeness (QED) is 0.791. The minimum Gasteiger partial charge on any atom is -0.379 e.